The Morgan fingerprint density at radius 2 is 2.15 bits per heavy atom. The lowest BCUT2D eigenvalue weighted by atomic mass is 10.2. The first-order chi connectivity index (χ1) is 12.6. The third kappa shape index (κ3) is 3.72. The molecule has 4 rings (SSSR count). The van der Waals surface area contributed by atoms with Gasteiger partial charge in [0.15, 0.2) is 11.0 Å². The van der Waals surface area contributed by atoms with E-state index in [1.165, 1.54) is 0 Å². The largest absolute Gasteiger partial charge is 0.497 e. The fourth-order valence-corrected chi connectivity index (χ4v) is 4.57. The molecule has 0 spiro atoms. The number of benzene rings is 1. The maximum absolute atomic E-state index is 6.14. The number of aromatic nitrogens is 3. The number of furan rings is 1. The van der Waals surface area contributed by atoms with Gasteiger partial charge in [0.25, 0.3) is 0 Å². The molecule has 3 aromatic rings. The first-order valence-corrected chi connectivity index (χ1v) is 9.91. The topological polar surface area (TPSA) is 53.1 Å². The normalized spacial score (nSPS) is 18.0. The van der Waals surface area contributed by atoms with Crippen molar-refractivity contribution >= 4 is 35.0 Å². The molecule has 136 valence electrons. The molecule has 26 heavy (non-hydrogen) atoms. The maximum atomic E-state index is 6.14. The average molecular weight is 410 g/mol. The molecule has 0 aliphatic heterocycles. The standard InChI is InChI=1S/C18H17Cl2N3O2S/c1-24-14-5-2-4-12(8-14)16-21-22-17(26-11-13-9-18(13,19)20)23(16)10-15-6-3-7-25-15/h2-8,13H,9-11H2,1H3/t13-/m0/s1. The van der Waals surface area contributed by atoms with Crippen molar-refractivity contribution in [1.82, 2.24) is 14.8 Å². The molecule has 1 fully saturated rings. The smallest absolute Gasteiger partial charge is 0.191 e. The number of hydrogen-bond donors (Lipinski definition) is 0. The number of alkyl halides is 2. The molecule has 1 atom stereocenters. The molecule has 0 N–H and O–H groups in total. The fraction of sp³-hybridized carbons (Fsp3) is 0.333. The molecule has 8 heteroatoms. The number of methoxy groups -OCH3 is 1. The molecule has 1 aliphatic rings. The first kappa shape index (κ1) is 17.8. The van der Waals surface area contributed by atoms with E-state index in [-0.39, 0.29) is 5.92 Å². The van der Waals surface area contributed by atoms with Crippen LogP contribution < -0.4 is 4.74 Å². The van der Waals surface area contributed by atoms with Gasteiger partial charge in [-0.1, -0.05) is 23.9 Å². The van der Waals surface area contributed by atoms with E-state index in [1.54, 1.807) is 25.1 Å². The molecular weight excluding hydrogens is 393 g/mol. The van der Waals surface area contributed by atoms with E-state index in [0.29, 0.717) is 6.54 Å². The summed E-state index contributed by atoms with van der Waals surface area (Å²) < 4.78 is 12.3. The number of ether oxygens (including phenoxy) is 1. The number of rotatable bonds is 7. The van der Waals surface area contributed by atoms with Crippen LogP contribution in [0.2, 0.25) is 0 Å². The van der Waals surface area contributed by atoms with Crippen molar-refractivity contribution in [2.45, 2.75) is 22.5 Å². The molecule has 0 bridgehead atoms. The highest BCUT2D eigenvalue weighted by Crippen LogP contribution is 2.54. The van der Waals surface area contributed by atoms with Gasteiger partial charge < -0.3 is 9.15 Å². The van der Waals surface area contributed by atoms with Crippen LogP contribution in [0.5, 0.6) is 5.75 Å². The lowest BCUT2D eigenvalue weighted by Gasteiger charge is -2.09. The molecule has 1 saturated carbocycles. The van der Waals surface area contributed by atoms with E-state index in [2.05, 4.69) is 10.2 Å². The Balaban J connectivity index is 1.64. The second-order valence-electron chi connectivity index (χ2n) is 6.18. The molecule has 0 amide bonds. The maximum Gasteiger partial charge on any atom is 0.191 e. The van der Waals surface area contributed by atoms with Crippen LogP contribution in [0, 0.1) is 5.92 Å². The highest BCUT2D eigenvalue weighted by molar-refractivity contribution is 7.99. The third-order valence-corrected chi connectivity index (χ3v) is 6.36. The highest BCUT2D eigenvalue weighted by Gasteiger charge is 2.51. The summed E-state index contributed by atoms with van der Waals surface area (Å²) >= 11 is 13.9. The van der Waals surface area contributed by atoms with Crippen LogP contribution in [0.3, 0.4) is 0 Å². The van der Waals surface area contributed by atoms with E-state index < -0.39 is 4.33 Å². The van der Waals surface area contributed by atoms with Crippen molar-refractivity contribution in [1.29, 1.82) is 0 Å². The van der Waals surface area contributed by atoms with Gasteiger partial charge in [0, 0.05) is 17.2 Å². The number of thioether (sulfide) groups is 1. The fourth-order valence-electron chi connectivity index (χ4n) is 2.70. The summed E-state index contributed by atoms with van der Waals surface area (Å²) in [5.74, 6) is 3.47. The summed E-state index contributed by atoms with van der Waals surface area (Å²) in [5.41, 5.74) is 0.936. The molecule has 5 nitrogen and oxygen atoms in total. The molecule has 2 heterocycles. The van der Waals surface area contributed by atoms with E-state index in [1.807, 2.05) is 41.0 Å². The van der Waals surface area contributed by atoms with Gasteiger partial charge in [0.1, 0.15) is 15.8 Å². The third-order valence-electron chi connectivity index (χ3n) is 4.31. The van der Waals surface area contributed by atoms with Gasteiger partial charge in [-0.3, -0.25) is 4.57 Å². The quantitative estimate of drug-likeness (QED) is 0.411. The predicted octanol–water partition coefficient (Wildman–Crippen LogP) is 4.88. The summed E-state index contributed by atoms with van der Waals surface area (Å²) in [6, 6.07) is 11.6. The van der Waals surface area contributed by atoms with Gasteiger partial charge in [-0.15, -0.1) is 33.4 Å². The minimum atomic E-state index is -0.589. The number of halogens is 2. The Bertz CT molecular complexity index is 896. The van der Waals surface area contributed by atoms with Crippen molar-refractivity contribution in [3.63, 3.8) is 0 Å². The van der Waals surface area contributed by atoms with Crippen molar-refractivity contribution < 1.29 is 9.15 Å². The highest BCUT2D eigenvalue weighted by atomic mass is 35.5. The van der Waals surface area contributed by atoms with Crippen LogP contribution in [0.25, 0.3) is 11.4 Å². The van der Waals surface area contributed by atoms with Gasteiger partial charge in [-0.05, 0) is 30.7 Å². The lowest BCUT2D eigenvalue weighted by Crippen LogP contribution is -2.04. The van der Waals surface area contributed by atoms with Crippen molar-refractivity contribution in [2.24, 2.45) is 5.92 Å². The Kier molecular flexibility index (Phi) is 4.90. The molecule has 0 unspecified atom stereocenters. The minimum Gasteiger partial charge on any atom is -0.497 e. The second-order valence-corrected chi connectivity index (χ2v) is 8.71. The Hall–Kier alpha value is -1.63. The summed E-state index contributed by atoms with van der Waals surface area (Å²) in [7, 11) is 1.65. The zero-order chi connectivity index (χ0) is 18.1. The lowest BCUT2D eigenvalue weighted by molar-refractivity contribution is 0.415. The Morgan fingerprint density at radius 3 is 2.85 bits per heavy atom. The van der Waals surface area contributed by atoms with Crippen LogP contribution >= 0.6 is 35.0 Å². The average Bonchev–Trinajstić information content (AvgIpc) is 3.04. The van der Waals surface area contributed by atoms with E-state index >= 15 is 0 Å². The van der Waals surface area contributed by atoms with Crippen LogP contribution in [0.4, 0.5) is 0 Å². The summed E-state index contributed by atoms with van der Waals surface area (Å²) in [5, 5.41) is 9.60. The summed E-state index contributed by atoms with van der Waals surface area (Å²) in [6.07, 6.45) is 2.48. The van der Waals surface area contributed by atoms with Gasteiger partial charge in [-0.25, -0.2) is 0 Å². The van der Waals surface area contributed by atoms with Crippen molar-refractivity contribution in [3.05, 3.63) is 48.4 Å². The predicted molar refractivity (Wildman–Crippen MR) is 103 cm³/mol. The molecule has 0 saturated heterocycles. The minimum absolute atomic E-state index is 0.282. The Labute approximate surface area is 165 Å². The van der Waals surface area contributed by atoms with Crippen LogP contribution in [0.1, 0.15) is 12.2 Å². The van der Waals surface area contributed by atoms with Gasteiger partial charge >= 0.3 is 0 Å². The summed E-state index contributed by atoms with van der Waals surface area (Å²) in [6.45, 7) is 0.548. The number of hydrogen-bond acceptors (Lipinski definition) is 5. The van der Waals surface area contributed by atoms with E-state index in [9.17, 15) is 0 Å². The van der Waals surface area contributed by atoms with E-state index in [4.69, 9.17) is 32.4 Å². The number of nitrogens with zero attached hydrogens (tertiary/aromatic N) is 3. The van der Waals surface area contributed by atoms with Crippen LogP contribution in [-0.4, -0.2) is 32.0 Å². The first-order valence-electron chi connectivity index (χ1n) is 8.17. The van der Waals surface area contributed by atoms with Crippen LogP contribution in [0.15, 0.2) is 52.2 Å². The van der Waals surface area contributed by atoms with Gasteiger partial charge in [0.2, 0.25) is 0 Å². The zero-order valence-electron chi connectivity index (χ0n) is 14.1. The molecule has 0 radical (unpaired) electrons. The zero-order valence-corrected chi connectivity index (χ0v) is 16.4. The van der Waals surface area contributed by atoms with Crippen LogP contribution in [-0.2, 0) is 6.54 Å². The monoisotopic (exact) mass is 409 g/mol. The van der Waals surface area contributed by atoms with E-state index in [0.717, 1.165) is 40.2 Å². The molecule has 1 aromatic carbocycles. The molecule has 1 aliphatic carbocycles. The SMILES string of the molecule is COc1cccc(-c2nnc(SC[C@@H]3CC3(Cl)Cl)n2Cc2ccco2)c1. The Morgan fingerprint density at radius 1 is 1.31 bits per heavy atom. The van der Waals surface area contributed by atoms with Crippen molar-refractivity contribution in [3.8, 4) is 17.1 Å². The molecular formula is C18H17Cl2N3O2S. The second kappa shape index (κ2) is 7.18. The van der Waals surface area contributed by atoms with Gasteiger partial charge in [0.05, 0.1) is 19.9 Å². The summed E-state index contributed by atoms with van der Waals surface area (Å²) in [4.78, 5) is 0. The molecule has 2 aromatic heterocycles. The van der Waals surface area contributed by atoms with Crippen molar-refractivity contribution in [2.75, 3.05) is 12.9 Å². The van der Waals surface area contributed by atoms with Gasteiger partial charge in [-0.2, -0.15) is 0 Å².